The number of aromatic hydroxyl groups is 2. The molecule has 0 amide bonds. The number of aliphatic carboxylic acids is 2. The van der Waals surface area contributed by atoms with E-state index in [2.05, 4.69) is 0 Å². The highest BCUT2D eigenvalue weighted by atomic mass is 127. The van der Waals surface area contributed by atoms with Crippen LogP contribution in [0.3, 0.4) is 0 Å². The molecule has 0 unspecified atom stereocenters. The fourth-order valence-electron chi connectivity index (χ4n) is 1.99. The van der Waals surface area contributed by atoms with Crippen molar-refractivity contribution in [3.05, 3.63) is 57.2 Å². The SMILES string of the molecule is N[C@@H](Cc1ccc(O)c(I)c1)C(=O)O.N[C@@H](Cc1ccc(O)cc1)C(=O)O. The van der Waals surface area contributed by atoms with Crippen LogP contribution < -0.4 is 11.5 Å². The van der Waals surface area contributed by atoms with E-state index in [9.17, 15) is 14.7 Å². The third-order valence-electron chi connectivity index (χ3n) is 3.49. The number of benzene rings is 2. The van der Waals surface area contributed by atoms with Crippen molar-refractivity contribution in [2.75, 3.05) is 0 Å². The van der Waals surface area contributed by atoms with Crippen LogP contribution in [0.5, 0.6) is 11.5 Å². The lowest BCUT2D eigenvalue weighted by Gasteiger charge is -2.07. The summed E-state index contributed by atoms with van der Waals surface area (Å²) < 4.78 is 0.692. The number of carboxylic acid groups (broad SMARTS) is 2. The van der Waals surface area contributed by atoms with Gasteiger partial charge in [0.1, 0.15) is 23.6 Å². The van der Waals surface area contributed by atoms with Gasteiger partial charge in [0.25, 0.3) is 0 Å². The summed E-state index contributed by atoms with van der Waals surface area (Å²) >= 11 is 1.98. The predicted octanol–water partition coefficient (Wildman–Crippen LogP) is 1.30. The maximum Gasteiger partial charge on any atom is 0.320 e. The Labute approximate surface area is 169 Å². The molecule has 0 aliphatic carbocycles. The molecule has 0 saturated carbocycles. The van der Waals surface area contributed by atoms with E-state index in [1.54, 1.807) is 24.3 Å². The van der Waals surface area contributed by atoms with Gasteiger partial charge in [-0.2, -0.15) is 0 Å². The van der Waals surface area contributed by atoms with E-state index in [0.29, 0.717) is 3.57 Å². The maximum absolute atomic E-state index is 10.5. The van der Waals surface area contributed by atoms with Gasteiger partial charge < -0.3 is 31.9 Å². The van der Waals surface area contributed by atoms with Gasteiger partial charge in [-0.15, -0.1) is 0 Å². The number of carbonyl (C=O) groups is 2. The summed E-state index contributed by atoms with van der Waals surface area (Å²) in [5.41, 5.74) is 12.3. The molecule has 9 heteroatoms. The number of phenols is 2. The van der Waals surface area contributed by atoms with Gasteiger partial charge in [-0.05, 0) is 70.8 Å². The second-order valence-corrected chi connectivity index (χ2v) is 6.91. The zero-order valence-electron chi connectivity index (χ0n) is 14.2. The standard InChI is InChI=1S/C9H10INO3.C9H11NO3/c10-6-3-5(1-2-8(6)12)4-7(11)9(13)14;10-8(9(12)13)5-6-1-3-7(11)4-2-6/h1-3,7,12H,4,11H2,(H,13,14);1-4,8,11H,5,10H2,(H,12,13)/t7-;8-/m00/s1. The van der Waals surface area contributed by atoms with E-state index in [1.807, 2.05) is 22.6 Å². The minimum atomic E-state index is -1.02. The van der Waals surface area contributed by atoms with Gasteiger partial charge in [0.15, 0.2) is 0 Å². The number of hydrogen-bond donors (Lipinski definition) is 6. The van der Waals surface area contributed by atoms with Gasteiger partial charge in [0.05, 0.1) is 3.57 Å². The molecule has 0 fully saturated rings. The number of halogens is 1. The van der Waals surface area contributed by atoms with E-state index in [1.165, 1.54) is 18.2 Å². The molecule has 146 valence electrons. The predicted molar refractivity (Wildman–Crippen MR) is 108 cm³/mol. The Morgan fingerprint density at radius 2 is 1.30 bits per heavy atom. The number of carboxylic acids is 2. The van der Waals surface area contributed by atoms with Crippen molar-refractivity contribution in [1.82, 2.24) is 0 Å². The Hall–Kier alpha value is -2.37. The Balaban J connectivity index is 0.000000271. The molecule has 2 aromatic carbocycles. The van der Waals surface area contributed by atoms with E-state index < -0.39 is 24.0 Å². The van der Waals surface area contributed by atoms with E-state index in [4.69, 9.17) is 26.8 Å². The fourth-order valence-corrected chi connectivity index (χ4v) is 2.57. The summed E-state index contributed by atoms with van der Waals surface area (Å²) in [4.78, 5) is 20.9. The molecule has 0 aliphatic heterocycles. The van der Waals surface area contributed by atoms with Crippen LogP contribution in [0.15, 0.2) is 42.5 Å². The van der Waals surface area contributed by atoms with Crippen LogP contribution in [0.2, 0.25) is 0 Å². The van der Waals surface area contributed by atoms with Crippen molar-refractivity contribution < 1.29 is 30.0 Å². The van der Waals surface area contributed by atoms with Crippen molar-refractivity contribution in [1.29, 1.82) is 0 Å². The maximum atomic E-state index is 10.5. The highest BCUT2D eigenvalue weighted by Crippen LogP contribution is 2.20. The molecule has 0 saturated heterocycles. The summed E-state index contributed by atoms with van der Waals surface area (Å²) in [6.45, 7) is 0. The quantitative estimate of drug-likeness (QED) is 0.331. The molecule has 2 rings (SSSR count). The third kappa shape index (κ3) is 8.24. The van der Waals surface area contributed by atoms with Gasteiger partial charge in [-0.3, -0.25) is 9.59 Å². The lowest BCUT2D eigenvalue weighted by Crippen LogP contribution is -2.32. The number of nitrogens with two attached hydrogens (primary N) is 2. The van der Waals surface area contributed by atoms with Crippen LogP contribution >= 0.6 is 22.6 Å². The second kappa shape index (κ2) is 10.7. The smallest absolute Gasteiger partial charge is 0.320 e. The molecule has 2 aromatic rings. The lowest BCUT2D eigenvalue weighted by atomic mass is 10.1. The Bertz CT molecular complexity index is 782. The highest BCUT2D eigenvalue weighted by molar-refractivity contribution is 14.1. The monoisotopic (exact) mass is 488 g/mol. The van der Waals surface area contributed by atoms with Crippen molar-refractivity contribution >= 4 is 34.5 Å². The second-order valence-electron chi connectivity index (χ2n) is 5.75. The van der Waals surface area contributed by atoms with Gasteiger partial charge >= 0.3 is 11.9 Å². The normalized spacial score (nSPS) is 12.4. The first-order valence-corrected chi connectivity index (χ1v) is 8.90. The summed E-state index contributed by atoms with van der Waals surface area (Å²) in [6, 6.07) is 9.45. The molecule has 8 nitrogen and oxygen atoms in total. The summed E-state index contributed by atoms with van der Waals surface area (Å²) in [5, 5.41) is 35.3. The molecule has 8 N–H and O–H groups in total. The number of rotatable bonds is 6. The van der Waals surface area contributed by atoms with Crippen LogP contribution in [-0.4, -0.2) is 44.4 Å². The molecule has 0 heterocycles. The molecule has 0 bridgehead atoms. The van der Waals surface area contributed by atoms with Crippen molar-refractivity contribution in [3.8, 4) is 11.5 Å². The van der Waals surface area contributed by atoms with Crippen molar-refractivity contribution in [2.45, 2.75) is 24.9 Å². The van der Waals surface area contributed by atoms with Gasteiger partial charge in [0.2, 0.25) is 0 Å². The van der Waals surface area contributed by atoms with E-state index in [-0.39, 0.29) is 24.3 Å². The minimum Gasteiger partial charge on any atom is -0.508 e. The van der Waals surface area contributed by atoms with E-state index >= 15 is 0 Å². The van der Waals surface area contributed by atoms with Gasteiger partial charge in [0, 0.05) is 0 Å². The van der Waals surface area contributed by atoms with E-state index in [0.717, 1.165) is 11.1 Å². The summed E-state index contributed by atoms with van der Waals surface area (Å²) in [5.74, 6) is -1.69. The molecule has 0 aromatic heterocycles. The first kappa shape index (κ1) is 22.7. The topological polar surface area (TPSA) is 167 Å². The summed E-state index contributed by atoms with van der Waals surface area (Å²) in [7, 11) is 0. The highest BCUT2D eigenvalue weighted by Gasteiger charge is 2.13. The lowest BCUT2D eigenvalue weighted by molar-refractivity contribution is -0.139. The Kier molecular flexibility index (Phi) is 8.98. The first-order valence-electron chi connectivity index (χ1n) is 7.82. The fraction of sp³-hybridized carbons (Fsp3) is 0.222. The molecular weight excluding hydrogens is 467 g/mol. The molecular formula is C18H21IN2O6. The Morgan fingerprint density at radius 3 is 1.74 bits per heavy atom. The first-order chi connectivity index (χ1) is 12.6. The average molecular weight is 488 g/mol. The zero-order chi connectivity index (χ0) is 20.6. The van der Waals surface area contributed by atoms with Crippen LogP contribution in [0.25, 0.3) is 0 Å². The number of hydrogen-bond acceptors (Lipinski definition) is 6. The van der Waals surface area contributed by atoms with Crippen LogP contribution in [0.1, 0.15) is 11.1 Å². The zero-order valence-corrected chi connectivity index (χ0v) is 16.4. The van der Waals surface area contributed by atoms with Crippen molar-refractivity contribution in [3.63, 3.8) is 0 Å². The summed E-state index contributed by atoms with van der Waals surface area (Å²) in [6.07, 6.45) is 0.543. The van der Waals surface area contributed by atoms with Crippen LogP contribution in [0, 0.1) is 3.57 Å². The van der Waals surface area contributed by atoms with Crippen LogP contribution in [-0.2, 0) is 22.4 Å². The molecule has 0 aliphatic rings. The molecule has 0 spiro atoms. The van der Waals surface area contributed by atoms with Gasteiger partial charge in [-0.25, -0.2) is 0 Å². The average Bonchev–Trinajstić information content (AvgIpc) is 2.60. The molecule has 2 atom stereocenters. The number of phenolic OH excluding ortho intramolecular Hbond substituents is 2. The minimum absolute atomic E-state index is 0.160. The van der Waals surface area contributed by atoms with Crippen molar-refractivity contribution in [2.24, 2.45) is 11.5 Å². The Morgan fingerprint density at radius 1 is 0.852 bits per heavy atom. The molecule has 27 heavy (non-hydrogen) atoms. The van der Waals surface area contributed by atoms with Crippen LogP contribution in [0.4, 0.5) is 0 Å². The largest absolute Gasteiger partial charge is 0.508 e. The third-order valence-corrected chi connectivity index (χ3v) is 4.36. The van der Waals surface area contributed by atoms with Gasteiger partial charge in [-0.1, -0.05) is 18.2 Å². The molecule has 0 radical (unpaired) electrons.